The van der Waals surface area contributed by atoms with Gasteiger partial charge in [-0.05, 0) is 55.7 Å². The molecule has 4 rings (SSSR count). The number of carbonyl (C=O) groups is 1. The van der Waals surface area contributed by atoms with Crippen LogP contribution in [0.3, 0.4) is 0 Å². The van der Waals surface area contributed by atoms with E-state index in [-0.39, 0.29) is 23.5 Å². The molecule has 2 heterocycles. The molecule has 0 spiro atoms. The van der Waals surface area contributed by atoms with E-state index < -0.39 is 10.0 Å². The maximum absolute atomic E-state index is 12.8. The second-order valence-corrected chi connectivity index (χ2v) is 9.28. The molecule has 8 nitrogen and oxygen atoms in total. The number of rotatable bonds is 5. The molecular weight excluding hydrogens is 406 g/mol. The molecule has 0 unspecified atom stereocenters. The average molecular weight is 429 g/mol. The molecule has 2 aromatic carbocycles. The zero-order valence-corrected chi connectivity index (χ0v) is 17.4. The minimum atomic E-state index is -3.54. The third-order valence-corrected chi connectivity index (χ3v) is 7.18. The van der Waals surface area contributed by atoms with Crippen LogP contribution >= 0.6 is 0 Å². The Morgan fingerprint density at radius 2 is 1.80 bits per heavy atom. The van der Waals surface area contributed by atoms with Crippen LogP contribution in [-0.2, 0) is 14.8 Å². The number of aryl methyl sites for hydroxylation is 1. The molecule has 2 aromatic rings. The number of nitrogens with zero attached hydrogens (tertiary/aromatic N) is 2. The number of hydrogen-bond acceptors (Lipinski definition) is 6. The Morgan fingerprint density at radius 1 is 1.10 bits per heavy atom. The van der Waals surface area contributed by atoms with Gasteiger partial charge >= 0.3 is 0 Å². The number of nitrogens with one attached hydrogen (secondary N) is 1. The summed E-state index contributed by atoms with van der Waals surface area (Å²) in [5, 5.41) is 4.01. The molecule has 1 fully saturated rings. The zero-order valence-electron chi connectivity index (χ0n) is 16.6. The molecule has 0 saturated carbocycles. The van der Waals surface area contributed by atoms with Gasteiger partial charge in [-0.15, -0.1) is 0 Å². The molecule has 1 saturated heterocycles. The predicted molar refractivity (Wildman–Crippen MR) is 111 cm³/mol. The Bertz CT molecular complexity index is 1060. The number of piperidine rings is 1. The van der Waals surface area contributed by atoms with Crippen molar-refractivity contribution in [1.82, 2.24) is 9.73 Å². The van der Waals surface area contributed by atoms with Crippen LogP contribution < -0.4 is 14.9 Å². The highest BCUT2D eigenvalue weighted by atomic mass is 32.2. The molecule has 0 aromatic heterocycles. The lowest BCUT2D eigenvalue weighted by Gasteiger charge is -2.30. The SMILES string of the molecule is Cc1ccc(S(=O)(=O)N2CCC(C(=O)N/N=C/c3ccc4c(c3)OCO4)CC2)cc1. The van der Waals surface area contributed by atoms with Gasteiger partial charge in [0.05, 0.1) is 11.1 Å². The third-order valence-electron chi connectivity index (χ3n) is 5.27. The van der Waals surface area contributed by atoms with E-state index >= 15 is 0 Å². The Labute approximate surface area is 175 Å². The molecule has 1 N–H and O–H groups in total. The van der Waals surface area contributed by atoms with Gasteiger partial charge in [-0.3, -0.25) is 4.79 Å². The van der Waals surface area contributed by atoms with Gasteiger partial charge in [0, 0.05) is 19.0 Å². The topological polar surface area (TPSA) is 97.3 Å². The second-order valence-electron chi connectivity index (χ2n) is 7.34. The van der Waals surface area contributed by atoms with E-state index in [9.17, 15) is 13.2 Å². The third kappa shape index (κ3) is 4.31. The van der Waals surface area contributed by atoms with Gasteiger partial charge in [0.1, 0.15) is 0 Å². The number of sulfonamides is 1. The summed E-state index contributed by atoms with van der Waals surface area (Å²) >= 11 is 0. The van der Waals surface area contributed by atoms with Crippen molar-refractivity contribution in [3.05, 3.63) is 53.6 Å². The van der Waals surface area contributed by atoms with Crippen molar-refractivity contribution in [3.63, 3.8) is 0 Å². The average Bonchev–Trinajstić information content (AvgIpc) is 3.22. The number of ether oxygens (including phenoxy) is 2. The molecule has 1 amide bonds. The smallest absolute Gasteiger partial charge is 0.243 e. The highest BCUT2D eigenvalue weighted by molar-refractivity contribution is 7.89. The Kier molecular flexibility index (Phi) is 5.74. The van der Waals surface area contributed by atoms with Gasteiger partial charge in [0.2, 0.25) is 22.7 Å². The number of amides is 1. The Morgan fingerprint density at radius 3 is 2.53 bits per heavy atom. The minimum Gasteiger partial charge on any atom is -0.454 e. The number of fused-ring (bicyclic) bond motifs is 1. The lowest BCUT2D eigenvalue weighted by atomic mass is 9.98. The normalized spacial score (nSPS) is 17.4. The van der Waals surface area contributed by atoms with E-state index in [1.54, 1.807) is 36.4 Å². The Hall–Kier alpha value is -2.91. The van der Waals surface area contributed by atoms with Crippen LogP contribution in [-0.4, -0.2) is 44.7 Å². The highest BCUT2D eigenvalue weighted by Crippen LogP contribution is 2.32. The molecule has 30 heavy (non-hydrogen) atoms. The molecule has 0 bridgehead atoms. The van der Waals surface area contributed by atoms with Crippen molar-refractivity contribution in [2.75, 3.05) is 19.9 Å². The first-order valence-electron chi connectivity index (χ1n) is 9.73. The van der Waals surface area contributed by atoms with E-state index in [0.717, 1.165) is 11.1 Å². The van der Waals surface area contributed by atoms with Crippen LogP contribution in [0.5, 0.6) is 11.5 Å². The van der Waals surface area contributed by atoms with E-state index in [1.165, 1.54) is 10.5 Å². The second kappa shape index (κ2) is 8.45. The predicted octanol–water partition coefficient (Wildman–Crippen LogP) is 2.27. The van der Waals surface area contributed by atoms with Crippen molar-refractivity contribution in [2.24, 2.45) is 11.0 Å². The van der Waals surface area contributed by atoms with Gasteiger partial charge in [0.15, 0.2) is 11.5 Å². The largest absolute Gasteiger partial charge is 0.454 e. The molecular formula is C21H23N3O5S. The van der Waals surface area contributed by atoms with Crippen LogP contribution in [0.1, 0.15) is 24.0 Å². The summed E-state index contributed by atoms with van der Waals surface area (Å²) in [7, 11) is -3.54. The molecule has 9 heteroatoms. The van der Waals surface area contributed by atoms with Gasteiger partial charge in [-0.1, -0.05) is 17.7 Å². The summed E-state index contributed by atoms with van der Waals surface area (Å²) in [6.45, 7) is 2.72. The first-order valence-corrected chi connectivity index (χ1v) is 11.2. The van der Waals surface area contributed by atoms with E-state index in [1.807, 2.05) is 13.0 Å². The molecule has 2 aliphatic rings. The van der Waals surface area contributed by atoms with Gasteiger partial charge in [-0.25, -0.2) is 13.8 Å². The van der Waals surface area contributed by atoms with E-state index in [4.69, 9.17) is 9.47 Å². The number of hydrazone groups is 1. The fourth-order valence-corrected chi connectivity index (χ4v) is 4.94. The van der Waals surface area contributed by atoms with Crippen molar-refractivity contribution in [1.29, 1.82) is 0 Å². The summed E-state index contributed by atoms with van der Waals surface area (Å²) in [4.78, 5) is 12.7. The quantitative estimate of drug-likeness (QED) is 0.581. The van der Waals surface area contributed by atoms with Crippen molar-refractivity contribution in [2.45, 2.75) is 24.7 Å². The van der Waals surface area contributed by atoms with Crippen LogP contribution in [0.2, 0.25) is 0 Å². The van der Waals surface area contributed by atoms with Crippen molar-refractivity contribution in [3.8, 4) is 11.5 Å². The van der Waals surface area contributed by atoms with E-state index in [2.05, 4.69) is 10.5 Å². The van der Waals surface area contributed by atoms with E-state index in [0.29, 0.717) is 37.4 Å². The lowest BCUT2D eigenvalue weighted by molar-refractivity contribution is -0.126. The van der Waals surface area contributed by atoms with Crippen LogP contribution in [0, 0.1) is 12.8 Å². The van der Waals surface area contributed by atoms with Gasteiger partial charge in [-0.2, -0.15) is 9.41 Å². The number of carbonyl (C=O) groups excluding carboxylic acids is 1. The van der Waals surface area contributed by atoms with Gasteiger partial charge in [0.25, 0.3) is 0 Å². The Balaban J connectivity index is 1.30. The molecule has 0 radical (unpaired) electrons. The minimum absolute atomic E-state index is 0.199. The fourth-order valence-electron chi connectivity index (χ4n) is 3.47. The highest BCUT2D eigenvalue weighted by Gasteiger charge is 2.32. The summed E-state index contributed by atoms with van der Waals surface area (Å²) in [6, 6.07) is 12.2. The summed E-state index contributed by atoms with van der Waals surface area (Å²) in [5.74, 6) is 0.846. The first-order chi connectivity index (χ1) is 14.4. The number of hydrogen-bond donors (Lipinski definition) is 1. The summed E-state index contributed by atoms with van der Waals surface area (Å²) in [5.41, 5.74) is 4.33. The number of benzene rings is 2. The van der Waals surface area contributed by atoms with Crippen LogP contribution in [0.25, 0.3) is 0 Å². The monoisotopic (exact) mass is 429 g/mol. The first kappa shape index (κ1) is 20.4. The molecule has 0 aliphatic carbocycles. The zero-order chi connectivity index (χ0) is 21.1. The van der Waals surface area contributed by atoms with Crippen molar-refractivity contribution < 1.29 is 22.7 Å². The fraction of sp³-hybridized carbons (Fsp3) is 0.333. The standard InChI is InChI=1S/C21H23N3O5S/c1-15-2-5-18(6-3-15)30(26,27)24-10-8-17(9-11-24)21(25)23-22-13-16-4-7-19-20(12-16)29-14-28-19/h2-7,12-13,17H,8-11,14H2,1H3,(H,23,25)/b22-13+. The molecule has 0 atom stereocenters. The maximum atomic E-state index is 12.8. The van der Waals surface area contributed by atoms with Crippen LogP contribution in [0.15, 0.2) is 52.5 Å². The lowest BCUT2D eigenvalue weighted by Crippen LogP contribution is -2.42. The molecule has 2 aliphatic heterocycles. The summed E-state index contributed by atoms with van der Waals surface area (Å²) < 4.78 is 37.5. The summed E-state index contributed by atoms with van der Waals surface area (Å²) in [6.07, 6.45) is 2.45. The molecule has 158 valence electrons. The van der Waals surface area contributed by atoms with Gasteiger partial charge < -0.3 is 9.47 Å². The van der Waals surface area contributed by atoms with Crippen molar-refractivity contribution >= 4 is 22.1 Å². The maximum Gasteiger partial charge on any atom is 0.243 e. The van der Waals surface area contributed by atoms with Crippen LogP contribution in [0.4, 0.5) is 0 Å².